The number of hydrogen-bond donors (Lipinski definition) is 0. The van der Waals surface area contributed by atoms with Gasteiger partial charge in [0.1, 0.15) is 0 Å². The fraction of sp³-hybridized carbons (Fsp3) is 0.200. The van der Waals surface area contributed by atoms with Crippen LogP contribution in [0.1, 0.15) is 0 Å². The minimum Gasteiger partial charge on any atom is -0.467 e. The lowest BCUT2D eigenvalue weighted by Crippen LogP contribution is -2.21. The van der Waals surface area contributed by atoms with Crippen molar-refractivity contribution < 1.29 is 4.74 Å². The molecule has 0 spiro atoms. The Bertz CT molecular complexity index is 556. The number of rotatable bonds is 2. The molecule has 84 valence electrons. The largest absolute Gasteiger partial charge is 0.467 e. The first-order chi connectivity index (χ1) is 7.63. The van der Waals surface area contributed by atoms with Crippen LogP contribution in [0.2, 0.25) is 0 Å². The standard InChI is InChI=1S/C10H10BrN3O2/c1-13-9(16-2)12-14(10(13)15)8-5-3-7(11)4-6-8/h3-6H,1-2H3. The molecule has 0 saturated heterocycles. The van der Waals surface area contributed by atoms with Crippen LogP contribution in [0.5, 0.6) is 6.01 Å². The van der Waals surface area contributed by atoms with E-state index in [-0.39, 0.29) is 11.7 Å². The second-order valence-electron chi connectivity index (χ2n) is 3.22. The van der Waals surface area contributed by atoms with E-state index in [0.29, 0.717) is 5.69 Å². The summed E-state index contributed by atoms with van der Waals surface area (Å²) in [6, 6.07) is 7.59. The van der Waals surface area contributed by atoms with Crippen molar-refractivity contribution in [1.29, 1.82) is 0 Å². The van der Waals surface area contributed by atoms with Crippen molar-refractivity contribution in [3.8, 4) is 11.7 Å². The molecular formula is C10H10BrN3O2. The van der Waals surface area contributed by atoms with Gasteiger partial charge in [0.15, 0.2) is 0 Å². The van der Waals surface area contributed by atoms with E-state index in [2.05, 4.69) is 21.0 Å². The van der Waals surface area contributed by atoms with Crippen molar-refractivity contribution in [2.45, 2.75) is 0 Å². The van der Waals surface area contributed by atoms with Gasteiger partial charge < -0.3 is 4.74 Å². The Hall–Kier alpha value is -1.56. The molecule has 0 N–H and O–H groups in total. The quantitative estimate of drug-likeness (QED) is 0.836. The fourth-order valence-electron chi connectivity index (χ4n) is 1.35. The van der Waals surface area contributed by atoms with Gasteiger partial charge in [0.05, 0.1) is 12.8 Å². The second kappa shape index (κ2) is 4.13. The molecule has 0 saturated carbocycles. The van der Waals surface area contributed by atoms with Crippen LogP contribution in [0.25, 0.3) is 5.69 Å². The minimum atomic E-state index is -0.237. The topological polar surface area (TPSA) is 49.1 Å². The van der Waals surface area contributed by atoms with Gasteiger partial charge in [-0.15, -0.1) is 5.10 Å². The number of hydrogen-bond acceptors (Lipinski definition) is 3. The molecule has 0 aliphatic rings. The number of methoxy groups -OCH3 is 1. The normalized spacial score (nSPS) is 10.4. The van der Waals surface area contributed by atoms with Crippen molar-refractivity contribution in [1.82, 2.24) is 14.3 Å². The third-order valence-corrected chi connectivity index (χ3v) is 2.72. The maximum Gasteiger partial charge on any atom is 0.353 e. The zero-order chi connectivity index (χ0) is 11.7. The fourth-order valence-corrected chi connectivity index (χ4v) is 1.61. The summed E-state index contributed by atoms with van der Waals surface area (Å²) in [6.07, 6.45) is 0. The summed E-state index contributed by atoms with van der Waals surface area (Å²) < 4.78 is 8.57. The van der Waals surface area contributed by atoms with Gasteiger partial charge in [-0.25, -0.2) is 9.36 Å². The van der Waals surface area contributed by atoms with Crippen LogP contribution < -0.4 is 10.4 Å². The molecule has 0 aliphatic heterocycles. The Labute approximate surface area is 100 Å². The lowest BCUT2D eigenvalue weighted by atomic mass is 10.3. The molecule has 0 atom stereocenters. The highest BCUT2D eigenvalue weighted by molar-refractivity contribution is 9.10. The molecule has 0 unspecified atom stereocenters. The Balaban J connectivity index is 2.56. The summed E-state index contributed by atoms with van der Waals surface area (Å²) >= 11 is 3.33. The monoisotopic (exact) mass is 283 g/mol. The molecule has 16 heavy (non-hydrogen) atoms. The molecule has 0 aliphatic carbocycles. The van der Waals surface area contributed by atoms with E-state index in [9.17, 15) is 4.79 Å². The number of ether oxygens (including phenoxy) is 1. The first-order valence-corrected chi connectivity index (χ1v) is 5.39. The summed E-state index contributed by atoms with van der Waals surface area (Å²) in [5.74, 6) is 0. The third-order valence-electron chi connectivity index (χ3n) is 2.19. The van der Waals surface area contributed by atoms with E-state index in [1.807, 2.05) is 12.1 Å². The van der Waals surface area contributed by atoms with Gasteiger partial charge >= 0.3 is 11.7 Å². The minimum absolute atomic E-state index is 0.237. The van der Waals surface area contributed by atoms with Gasteiger partial charge in [-0.2, -0.15) is 4.68 Å². The van der Waals surface area contributed by atoms with E-state index < -0.39 is 0 Å². The molecular weight excluding hydrogens is 274 g/mol. The van der Waals surface area contributed by atoms with E-state index in [1.165, 1.54) is 16.4 Å². The summed E-state index contributed by atoms with van der Waals surface area (Å²) in [6.45, 7) is 0. The summed E-state index contributed by atoms with van der Waals surface area (Å²) in [5.41, 5.74) is 0.464. The van der Waals surface area contributed by atoms with Gasteiger partial charge in [-0.05, 0) is 24.3 Å². The van der Waals surface area contributed by atoms with Gasteiger partial charge in [0, 0.05) is 11.5 Å². The molecule has 1 heterocycles. The maximum atomic E-state index is 11.8. The van der Waals surface area contributed by atoms with Crippen molar-refractivity contribution in [2.75, 3.05) is 7.11 Å². The van der Waals surface area contributed by atoms with Crippen molar-refractivity contribution in [3.05, 3.63) is 39.2 Å². The van der Waals surface area contributed by atoms with E-state index in [4.69, 9.17) is 4.74 Å². The number of nitrogens with zero attached hydrogens (tertiary/aromatic N) is 3. The average Bonchev–Trinajstić information content (AvgIpc) is 2.57. The smallest absolute Gasteiger partial charge is 0.353 e. The molecule has 2 rings (SSSR count). The van der Waals surface area contributed by atoms with Crippen LogP contribution >= 0.6 is 15.9 Å². The average molecular weight is 284 g/mol. The number of aromatic nitrogens is 3. The van der Waals surface area contributed by atoms with Crippen LogP contribution in [-0.2, 0) is 7.05 Å². The van der Waals surface area contributed by atoms with Crippen LogP contribution in [0, 0.1) is 0 Å². The molecule has 0 bridgehead atoms. The van der Waals surface area contributed by atoms with Crippen LogP contribution in [-0.4, -0.2) is 21.5 Å². The summed E-state index contributed by atoms with van der Waals surface area (Å²) in [4.78, 5) is 11.8. The van der Waals surface area contributed by atoms with Crippen molar-refractivity contribution >= 4 is 15.9 Å². The maximum absolute atomic E-state index is 11.8. The van der Waals surface area contributed by atoms with Gasteiger partial charge in [0.2, 0.25) is 0 Å². The molecule has 1 aromatic carbocycles. The van der Waals surface area contributed by atoms with Gasteiger partial charge in [-0.3, -0.25) is 0 Å². The van der Waals surface area contributed by atoms with Gasteiger partial charge in [0.25, 0.3) is 0 Å². The molecule has 6 heteroatoms. The highest BCUT2D eigenvalue weighted by Gasteiger charge is 2.11. The molecule has 1 aromatic heterocycles. The molecule has 0 fully saturated rings. The summed E-state index contributed by atoms with van der Waals surface area (Å²) in [7, 11) is 3.09. The predicted molar refractivity (Wildman–Crippen MR) is 63.1 cm³/mol. The van der Waals surface area contributed by atoms with E-state index >= 15 is 0 Å². The Morgan fingerprint density at radius 2 is 1.94 bits per heavy atom. The second-order valence-corrected chi connectivity index (χ2v) is 4.13. The van der Waals surface area contributed by atoms with Gasteiger partial charge in [-0.1, -0.05) is 15.9 Å². The van der Waals surface area contributed by atoms with Crippen molar-refractivity contribution in [2.24, 2.45) is 7.05 Å². The van der Waals surface area contributed by atoms with E-state index in [0.717, 1.165) is 4.47 Å². The SMILES string of the molecule is COc1nn(-c2ccc(Br)cc2)c(=O)n1C. The Morgan fingerprint density at radius 3 is 2.44 bits per heavy atom. The lowest BCUT2D eigenvalue weighted by molar-refractivity contribution is 0.362. The van der Waals surface area contributed by atoms with Crippen LogP contribution in [0.3, 0.4) is 0 Å². The first-order valence-electron chi connectivity index (χ1n) is 4.59. The molecule has 5 nitrogen and oxygen atoms in total. The zero-order valence-electron chi connectivity index (χ0n) is 8.85. The first kappa shape index (κ1) is 10.9. The van der Waals surface area contributed by atoms with Crippen LogP contribution in [0.4, 0.5) is 0 Å². The van der Waals surface area contributed by atoms with E-state index in [1.54, 1.807) is 19.2 Å². The molecule has 0 amide bonds. The Kier molecular flexibility index (Phi) is 2.82. The van der Waals surface area contributed by atoms with Crippen molar-refractivity contribution in [3.63, 3.8) is 0 Å². The molecule has 2 aromatic rings. The zero-order valence-corrected chi connectivity index (χ0v) is 10.4. The van der Waals surface area contributed by atoms with Crippen LogP contribution in [0.15, 0.2) is 33.5 Å². The number of benzene rings is 1. The summed E-state index contributed by atoms with van der Waals surface area (Å²) in [5, 5.41) is 4.06. The third kappa shape index (κ3) is 1.76. The lowest BCUT2D eigenvalue weighted by Gasteiger charge is -1.98. The Morgan fingerprint density at radius 1 is 1.31 bits per heavy atom. The highest BCUT2D eigenvalue weighted by Crippen LogP contribution is 2.13. The highest BCUT2D eigenvalue weighted by atomic mass is 79.9. The number of halogens is 1. The molecule has 0 radical (unpaired) electrons. The predicted octanol–water partition coefficient (Wildman–Crippen LogP) is 1.34.